The minimum Gasteiger partial charge on any atom is -0.435 e. The van der Waals surface area contributed by atoms with Gasteiger partial charge in [0.2, 0.25) is 0 Å². The number of aliphatic hydroxyl groups is 1. The second-order valence-corrected chi connectivity index (χ2v) is 11.8. The van der Waals surface area contributed by atoms with E-state index in [2.05, 4.69) is 4.74 Å². The zero-order valence-electron chi connectivity index (χ0n) is 21.4. The third kappa shape index (κ3) is 6.64. The summed E-state index contributed by atoms with van der Waals surface area (Å²) in [4.78, 5) is 1.26. The molecule has 0 aromatic heterocycles. The second-order valence-electron chi connectivity index (χ2n) is 9.91. The van der Waals surface area contributed by atoms with Crippen molar-refractivity contribution < 1.29 is 44.6 Å². The smallest absolute Gasteiger partial charge is 0.416 e. The quantitative estimate of drug-likeness (QED) is 0.314. The van der Waals surface area contributed by atoms with E-state index in [1.807, 2.05) is 4.90 Å². The molecule has 3 aromatic rings. The van der Waals surface area contributed by atoms with Gasteiger partial charge in [-0.25, -0.2) is 12.8 Å². The van der Waals surface area contributed by atoms with Crippen molar-refractivity contribution in [2.75, 3.05) is 28.8 Å². The number of anilines is 2. The van der Waals surface area contributed by atoms with E-state index < -0.39 is 50.4 Å². The fourth-order valence-corrected chi connectivity index (χ4v) is 5.88. The molecule has 0 aliphatic carbocycles. The van der Waals surface area contributed by atoms with E-state index in [9.17, 15) is 39.9 Å². The van der Waals surface area contributed by atoms with Gasteiger partial charge < -0.3 is 14.7 Å². The molecule has 0 saturated heterocycles. The summed E-state index contributed by atoms with van der Waals surface area (Å²) in [5.41, 5.74) is -1.27. The predicted molar refractivity (Wildman–Crippen MR) is 138 cm³/mol. The van der Waals surface area contributed by atoms with E-state index in [0.29, 0.717) is 24.7 Å². The van der Waals surface area contributed by atoms with Crippen molar-refractivity contribution in [1.29, 1.82) is 0 Å². The van der Waals surface area contributed by atoms with E-state index >= 15 is 0 Å². The summed E-state index contributed by atoms with van der Waals surface area (Å²) in [7, 11) is -4.50. The number of hydrogen-bond acceptors (Lipinski definition) is 5. The van der Waals surface area contributed by atoms with Gasteiger partial charge in [0.05, 0.1) is 34.0 Å². The van der Waals surface area contributed by atoms with E-state index in [4.69, 9.17) is 0 Å². The molecule has 3 aromatic carbocycles. The number of hydrogen-bond donors (Lipinski definition) is 1. The Bertz CT molecular complexity index is 1490. The average molecular weight is 589 g/mol. The van der Waals surface area contributed by atoms with Crippen LogP contribution in [0.1, 0.15) is 25.8 Å². The molecule has 1 aliphatic rings. The minimum atomic E-state index is -4.76. The Morgan fingerprint density at radius 3 is 2.33 bits per heavy atom. The number of ether oxygens (including phenoxy) is 1. The Morgan fingerprint density at radius 2 is 1.68 bits per heavy atom. The highest BCUT2D eigenvalue weighted by molar-refractivity contribution is 7.92. The first-order chi connectivity index (χ1) is 18.5. The summed E-state index contributed by atoms with van der Waals surface area (Å²) in [6.45, 7) is 0.412. The van der Waals surface area contributed by atoms with Gasteiger partial charge in [0.25, 0.3) is 10.0 Å². The zero-order chi connectivity index (χ0) is 29.5. The fourth-order valence-electron chi connectivity index (χ4n) is 4.37. The highest BCUT2D eigenvalue weighted by atomic mass is 32.2. The molecule has 6 nitrogen and oxygen atoms in total. The Labute approximate surface area is 227 Å². The van der Waals surface area contributed by atoms with Crippen molar-refractivity contribution in [2.24, 2.45) is 0 Å². The number of sulfonamides is 1. The third-order valence-corrected chi connectivity index (χ3v) is 8.14. The van der Waals surface area contributed by atoms with Crippen LogP contribution in [0.5, 0.6) is 5.75 Å². The molecular formula is C27H26F6N2O4S. The molecule has 13 heteroatoms. The second kappa shape index (κ2) is 10.8. The molecule has 0 radical (unpaired) electrons. The molecule has 0 fully saturated rings. The van der Waals surface area contributed by atoms with Gasteiger partial charge >= 0.3 is 12.8 Å². The summed E-state index contributed by atoms with van der Waals surface area (Å²) in [6.07, 6.45) is -4.44. The fraction of sp³-hybridized carbons (Fsp3) is 0.333. The van der Waals surface area contributed by atoms with Crippen LogP contribution in [0, 0.1) is 5.82 Å². The number of nitrogens with zero attached hydrogens (tertiary/aromatic N) is 2. The van der Waals surface area contributed by atoms with Gasteiger partial charge in [-0.1, -0.05) is 12.1 Å². The van der Waals surface area contributed by atoms with Gasteiger partial charge in [-0.05, 0) is 73.9 Å². The Kier molecular flexibility index (Phi) is 8.01. The van der Waals surface area contributed by atoms with Crippen molar-refractivity contribution in [1.82, 2.24) is 0 Å². The lowest BCUT2D eigenvalue weighted by Crippen LogP contribution is -2.45. The van der Waals surface area contributed by atoms with Crippen molar-refractivity contribution >= 4 is 21.4 Å². The van der Waals surface area contributed by atoms with Crippen LogP contribution in [0.4, 0.5) is 37.7 Å². The maximum atomic E-state index is 14.2. The molecule has 0 bridgehead atoms. The van der Waals surface area contributed by atoms with Gasteiger partial charge in [0.1, 0.15) is 11.6 Å². The SMILES string of the molecule is CC(C)(O)CCN1CCN(S(=O)(=O)c2cccc(C(F)(F)F)c2)c2cc(-c3cc(F)cc(OC(F)F)c3)ccc21. The molecular weight excluding hydrogens is 562 g/mol. The van der Waals surface area contributed by atoms with Crippen molar-refractivity contribution in [2.45, 2.75) is 43.6 Å². The molecule has 0 atom stereocenters. The zero-order valence-corrected chi connectivity index (χ0v) is 22.2. The normalized spacial score (nSPS) is 14.4. The molecule has 0 amide bonds. The monoisotopic (exact) mass is 588 g/mol. The topological polar surface area (TPSA) is 70.1 Å². The van der Waals surface area contributed by atoms with Crippen LogP contribution < -0.4 is 13.9 Å². The lowest BCUT2D eigenvalue weighted by Gasteiger charge is -2.39. The highest BCUT2D eigenvalue weighted by Crippen LogP contribution is 2.41. The van der Waals surface area contributed by atoms with Crippen LogP contribution in [-0.2, 0) is 16.2 Å². The number of halogens is 6. The van der Waals surface area contributed by atoms with Crippen molar-refractivity contribution in [3.8, 4) is 16.9 Å². The molecule has 40 heavy (non-hydrogen) atoms. The predicted octanol–water partition coefficient (Wildman–Crippen LogP) is 6.29. The standard InChI is InChI=1S/C27H26F6N2O4S/c1-26(2,36)8-9-34-10-11-35(40(37,38)22-5-3-4-19(15-22)27(31,32)33)24-14-17(6-7-23(24)34)18-12-20(28)16-21(13-18)39-25(29)30/h3-7,12-16,25,36H,8-11H2,1-2H3. The maximum Gasteiger partial charge on any atom is 0.416 e. The van der Waals surface area contributed by atoms with Crippen LogP contribution in [0.25, 0.3) is 11.1 Å². The van der Waals surface area contributed by atoms with Crippen LogP contribution in [0.3, 0.4) is 0 Å². The molecule has 0 spiro atoms. The lowest BCUT2D eigenvalue weighted by atomic mass is 10.0. The summed E-state index contributed by atoms with van der Waals surface area (Å²) in [6, 6.07) is 10.9. The first-order valence-corrected chi connectivity index (χ1v) is 13.6. The Morgan fingerprint density at radius 1 is 0.950 bits per heavy atom. The summed E-state index contributed by atoms with van der Waals surface area (Å²) in [5.74, 6) is -1.31. The van der Waals surface area contributed by atoms with Crippen LogP contribution in [-0.4, -0.2) is 45.4 Å². The number of alkyl halides is 5. The van der Waals surface area contributed by atoms with Crippen molar-refractivity contribution in [3.05, 3.63) is 72.0 Å². The molecule has 4 rings (SSSR count). The summed E-state index contributed by atoms with van der Waals surface area (Å²) >= 11 is 0. The van der Waals surface area contributed by atoms with Gasteiger partial charge in [-0.15, -0.1) is 0 Å². The van der Waals surface area contributed by atoms with Gasteiger partial charge in [-0.3, -0.25) is 4.31 Å². The Hall–Kier alpha value is -3.45. The maximum absolute atomic E-state index is 14.2. The Balaban J connectivity index is 1.82. The molecule has 1 aliphatic heterocycles. The molecule has 1 heterocycles. The largest absolute Gasteiger partial charge is 0.435 e. The van der Waals surface area contributed by atoms with E-state index in [0.717, 1.165) is 40.7 Å². The highest BCUT2D eigenvalue weighted by Gasteiger charge is 2.36. The molecule has 1 N–H and O–H groups in total. The number of benzene rings is 3. The van der Waals surface area contributed by atoms with Crippen LogP contribution in [0.2, 0.25) is 0 Å². The third-order valence-electron chi connectivity index (χ3n) is 6.33. The van der Waals surface area contributed by atoms with Gasteiger partial charge in [0, 0.05) is 19.2 Å². The molecule has 0 saturated carbocycles. The minimum absolute atomic E-state index is 0.0949. The number of fused-ring (bicyclic) bond motifs is 1. The van der Waals surface area contributed by atoms with Crippen molar-refractivity contribution in [3.63, 3.8) is 0 Å². The van der Waals surface area contributed by atoms with Crippen LogP contribution >= 0.6 is 0 Å². The first-order valence-electron chi connectivity index (χ1n) is 12.1. The van der Waals surface area contributed by atoms with E-state index in [1.165, 1.54) is 12.1 Å². The molecule has 216 valence electrons. The average Bonchev–Trinajstić information content (AvgIpc) is 2.85. The summed E-state index contributed by atoms with van der Waals surface area (Å²) < 4.78 is 112. The first kappa shape index (κ1) is 29.5. The summed E-state index contributed by atoms with van der Waals surface area (Å²) in [5, 5.41) is 10.2. The van der Waals surface area contributed by atoms with E-state index in [-0.39, 0.29) is 29.9 Å². The van der Waals surface area contributed by atoms with Crippen LogP contribution in [0.15, 0.2) is 65.6 Å². The number of rotatable bonds is 8. The van der Waals surface area contributed by atoms with E-state index in [1.54, 1.807) is 19.9 Å². The van der Waals surface area contributed by atoms with Gasteiger partial charge in [0.15, 0.2) is 0 Å². The molecule has 0 unspecified atom stereocenters. The van der Waals surface area contributed by atoms with Gasteiger partial charge in [-0.2, -0.15) is 22.0 Å². The lowest BCUT2D eigenvalue weighted by molar-refractivity contribution is -0.137.